The van der Waals surface area contributed by atoms with Gasteiger partial charge >= 0.3 is 0 Å². The Morgan fingerprint density at radius 3 is 2.48 bits per heavy atom. The molecule has 0 fully saturated rings. The molecule has 2 aromatic rings. The van der Waals surface area contributed by atoms with E-state index in [2.05, 4.69) is 4.72 Å². The zero-order valence-electron chi connectivity index (χ0n) is 10.4. The molecule has 2 aromatic carbocycles. The molecule has 21 heavy (non-hydrogen) atoms. The van der Waals surface area contributed by atoms with Crippen molar-refractivity contribution in [2.24, 2.45) is 0 Å². The van der Waals surface area contributed by atoms with Gasteiger partial charge in [-0.1, -0.05) is 23.2 Å². The number of halogens is 4. The summed E-state index contributed by atoms with van der Waals surface area (Å²) in [6.45, 7) is -0.408. The summed E-state index contributed by atoms with van der Waals surface area (Å²) in [5, 5.41) is 0.170. The molecule has 1 N–H and O–H groups in total. The summed E-state index contributed by atoms with van der Waals surface area (Å²) in [6, 6.07) is 6.73. The van der Waals surface area contributed by atoms with Crippen LogP contribution in [-0.2, 0) is 16.6 Å². The van der Waals surface area contributed by atoms with Gasteiger partial charge < -0.3 is 0 Å². The molecule has 3 nitrogen and oxygen atoms in total. The Bertz CT molecular complexity index is 782. The maximum Gasteiger partial charge on any atom is 0.242 e. The van der Waals surface area contributed by atoms with Gasteiger partial charge in [0, 0.05) is 17.1 Å². The van der Waals surface area contributed by atoms with Crippen molar-refractivity contribution in [3.8, 4) is 0 Å². The molecule has 0 radical (unpaired) electrons. The van der Waals surface area contributed by atoms with E-state index in [0.29, 0.717) is 0 Å². The van der Waals surface area contributed by atoms with E-state index in [1.165, 1.54) is 18.2 Å². The van der Waals surface area contributed by atoms with Crippen molar-refractivity contribution in [3.05, 3.63) is 63.6 Å². The van der Waals surface area contributed by atoms with Crippen molar-refractivity contribution in [1.29, 1.82) is 0 Å². The second kappa shape index (κ2) is 6.27. The first-order valence-corrected chi connectivity index (χ1v) is 7.92. The number of hydrogen-bond acceptors (Lipinski definition) is 2. The van der Waals surface area contributed by atoms with E-state index in [4.69, 9.17) is 23.2 Å². The fourth-order valence-electron chi connectivity index (χ4n) is 1.61. The SMILES string of the molecule is O=S(=O)(NCc1cc(F)ccc1F)c1cc(Cl)ccc1Cl. The molecule has 0 heterocycles. The highest BCUT2D eigenvalue weighted by Crippen LogP contribution is 2.25. The van der Waals surface area contributed by atoms with E-state index in [0.717, 1.165) is 18.2 Å². The molecule has 0 bridgehead atoms. The molecule has 0 saturated carbocycles. The summed E-state index contributed by atoms with van der Waals surface area (Å²) < 4.78 is 52.8. The van der Waals surface area contributed by atoms with Crippen LogP contribution in [0.4, 0.5) is 8.78 Å². The van der Waals surface area contributed by atoms with E-state index >= 15 is 0 Å². The Morgan fingerprint density at radius 2 is 1.76 bits per heavy atom. The summed E-state index contributed by atoms with van der Waals surface area (Å²) in [5.74, 6) is -1.37. The van der Waals surface area contributed by atoms with Gasteiger partial charge in [-0.15, -0.1) is 0 Å². The van der Waals surface area contributed by atoms with Gasteiger partial charge in [-0.05, 0) is 36.4 Å². The molecule has 0 aliphatic rings. The maximum atomic E-state index is 13.4. The Kier molecular flexibility index (Phi) is 4.83. The summed E-state index contributed by atoms with van der Waals surface area (Å²) in [6.07, 6.45) is 0. The molecule has 0 unspecified atom stereocenters. The van der Waals surface area contributed by atoms with E-state index < -0.39 is 28.2 Å². The molecule has 112 valence electrons. The molecule has 0 saturated heterocycles. The third-order valence-electron chi connectivity index (χ3n) is 2.64. The monoisotopic (exact) mass is 351 g/mol. The molecule has 8 heteroatoms. The van der Waals surface area contributed by atoms with Gasteiger partial charge in [0.2, 0.25) is 10.0 Å². The van der Waals surface area contributed by atoms with Gasteiger partial charge in [0.25, 0.3) is 0 Å². The average Bonchev–Trinajstić information content (AvgIpc) is 2.42. The zero-order chi connectivity index (χ0) is 15.6. The average molecular weight is 352 g/mol. The third kappa shape index (κ3) is 3.91. The minimum Gasteiger partial charge on any atom is -0.207 e. The molecular weight excluding hydrogens is 343 g/mol. The molecule has 0 aliphatic carbocycles. The van der Waals surface area contributed by atoms with Gasteiger partial charge in [0.1, 0.15) is 16.5 Å². The van der Waals surface area contributed by atoms with E-state index in [9.17, 15) is 17.2 Å². The minimum atomic E-state index is -4.00. The van der Waals surface area contributed by atoms with Gasteiger partial charge in [0.05, 0.1) is 5.02 Å². The van der Waals surface area contributed by atoms with Crippen LogP contribution in [0.15, 0.2) is 41.3 Å². The summed E-state index contributed by atoms with van der Waals surface area (Å²) in [5.41, 5.74) is -0.114. The molecule has 0 amide bonds. The van der Waals surface area contributed by atoms with E-state index in [1.807, 2.05) is 0 Å². The first-order chi connectivity index (χ1) is 9.79. The summed E-state index contributed by atoms with van der Waals surface area (Å²) in [7, 11) is -4.00. The van der Waals surface area contributed by atoms with Crippen molar-refractivity contribution >= 4 is 33.2 Å². The summed E-state index contributed by atoms with van der Waals surface area (Å²) >= 11 is 11.5. The highest BCUT2D eigenvalue weighted by atomic mass is 35.5. The Morgan fingerprint density at radius 1 is 1.05 bits per heavy atom. The first-order valence-electron chi connectivity index (χ1n) is 5.68. The lowest BCUT2D eigenvalue weighted by Crippen LogP contribution is -2.24. The highest BCUT2D eigenvalue weighted by molar-refractivity contribution is 7.89. The lowest BCUT2D eigenvalue weighted by Gasteiger charge is -2.09. The van der Waals surface area contributed by atoms with Crippen LogP contribution >= 0.6 is 23.2 Å². The highest BCUT2D eigenvalue weighted by Gasteiger charge is 2.19. The number of rotatable bonds is 4. The number of hydrogen-bond donors (Lipinski definition) is 1. The van der Waals surface area contributed by atoms with E-state index in [-0.39, 0.29) is 20.5 Å². The lowest BCUT2D eigenvalue weighted by atomic mass is 10.2. The molecule has 0 spiro atoms. The Hall–Kier alpha value is -1.21. The zero-order valence-corrected chi connectivity index (χ0v) is 12.7. The Labute approximate surface area is 130 Å². The summed E-state index contributed by atoms with van der Waals surface area (Å²) in [4.78, 5) is -0.228. The van der Waals surface area contributed by atoms with Crippen LogP contribution < -0.4 is 4.72 Å². The molecular formula is C13H9Cl2F2NO2S. The standard InChI is InChI=1S/C13H9Cl2F2NO2S/c14-9-1-3-11(15)13(6-9)21(19,20)18-7-8-5-10(16)2-4-12(8)17/h1-6,18H,7H2. The topological polar surface area (TPSA) is 46.2 Å². The number of benzene rings is 2. The number of nitrogens with one attached hydrogen (secondary N) is 1. The third-order valence-corrected chi connectivity index (χ3v) is 4.76. The van der Waals surface area contributed by atoms with Crippen molar-refractivity contribution in [1.82, 2.24) is 4.72 Å². The van der Waals surface area contributed by atoms with Crippen LogP contribution in [0.25, 0.3) is 0 Å². The smallest absolute Gasteiger partial charge is 0.207 e. The van der Waals surface area contributed by atoms with Crippen LogP contribution in [-0.4, -0.2) is 8.42 Å². The molecule has 0 atom stereocenters. The second-order valence-corrected chi connectivity index (χ2v) is 6.71. The van der Waals surface area contributed by atoms with Crippen molar-refractivity contribution in [3.63, 3.8) is 0 Å². The number of sulfonamides is 1. The normalized spacial score (nSPS) is 11.6. The van der Waals surface area contributed by atoms with Gasteiger partial charge in [-0.2, -0.15) is 0 Å². The molecule has 2 rings (SSSR count). The maximum absolute atomic E-state index is 13.4. The van der Waals surface area contributed by atoms with Gasteiger partial charge in [-0.3, -0.25) is 0 Å². The fraction of sp³-hybridized carbons (Fsp3) is 0.0769. The minimum absolute atomic E-state index is 0.0217. The van der Waals surface area contributed by atoms with Gasteiger partial charge in [-0.25, -0.2) is 21.9 Å². The second-order valence-electron chi connectivity index (χ2n) is 4.14. The van der Waals surface area contributed by atoms with Crippen LogP contribution in [0.1, 0.15) is 5.56 Å². The van der Waals surface area contributed by atoms with Crippen molar-refractivity contribution in [2.75, 3.05) is 0 Å². The van der Waals surface area contributed by atoms with Crippen LogP contribution in [0.3, 0.4) is 0 Å². The quantitative estimate of drug-likeness (QED) is 0.911. The van der Waals surface area contributed by atoms with Gasteiger partial charge in [0.15, 0.2) is 0 Å². The lowest BCUT2D eigenvalue weighted by molar-refractivity contribution is 0.567. The van der Waals surface area contributed by atoms with Crippen molar-refractivity contribution < 1.29 is 17.2 Å². The predicted octanol–water partition coefficient (Wildman–Crippen LogP) is 3.75. The van der Waals surface area contributed by atoms with Crippen LogP contribution in [0.5, 0.6) is 0 Å². The molecule has 0 aromatic heterocycles. The van der Waals surface area contributed by atoms with Crippen molar-refractivity contribution in [2.45, 2.75) is 11.4 Å². The van der Waals surface area contributed by atoms with Crippen LogP contribution in [0.2, 0.25) is 10.0 Å². The Balaban J connectivity index is 2.26. The fourth-order valence-corrected chi connectivity index (χ4v) is 3.38. The van der Waals surface area contributed by atoms with E-state index in [1.54, 1.807) is 0 Å². The van der Waals surface area contributed by atoms with Crippen LogP contribution in [0, 0.1) is 11.6 Å². The molecule has 0 aliphatic heterocycles. The largest absolute Gasteiger partial charge is 0.242 e. The predicted molar refractivity (Wildman–Crippen MR) is 76.8 cm³/mol. The first kappa shape index (κ1) is 16.2.